The highest BCUT2D eigenvalue weighted by molar-refractivity contribution is 6.14. The van der Waals surface area contributed by atoms with Crippen LogP contribution in [0, 0.1) is 13.8 Å². The van der Waals surface area contributed by atoms with E-state index in [0.29, 0.717) is 18.5 Å². The van der Waals surface area contributed by atoms with Gasteiger partial charge in [-0.3, -0.25) is 14.5 Å². The Balaban J connectivity index is 1.72. The summed E-state index contributed by atoms with van der Waals surface area (Å²) < 4.78 is 5.28. The number of methoxy groups -OCH3 is 1. The van der Waals surface area contributed by atoms with Crippen molar-refractivity contribution in [2.24, 2.45) is 0 Å². The van der Waals surface area contributed by atoms with Crippen LogP contribution in [0.15, 0.2) is 66.7 Å². The lowest BCUT2D eigenvalue weighted by molar-refractivity contribution is -0.126. The van der Waals surface area contributed by atoms with Crippen molar-refractivity contribution in [1.29, 1.82) is 0 Å². The van der Waals surface area contributed by atoms with Crippen molar-refractivity contribution in [3.05, 3.63) is 94.5 Å². The summed E-state index contributed by atoms with van der Waals surface area (Å²) in [4.78, 5) is 28.9. The highest BCUT2D eigenvalue weighted by Crippen LogP contribution is 2.36. The largest absolute Gasteiger partial charge is 0.497 e. The maximum absolute atomic E-state index is 13.6. The second-order valence-corrected chi connectivity index (χ2v) is 8.63. The number of benzene rings is 3. The van der Waals surface area contributed by atoms with Gasteiger partial charge in [0.2, 0.25) is 5.91 Å². The maximum Gasteiger partial charge on any atom is 0.259 e. The number of rotatable bonds is 5. The summed E-state index contributed by atoms with van der Waals surface area (Å²) in [6, 6.07) is 21.1. The molecule has 0 fully saturated rings. The molecule has 3 aromatic rings. The summed E-state index contributed by atoms with van der Waals surface area (Å²) in [7, 11) is 1.62. The highest BCUT2D eigenvalue weighted by atomic mass is 16.5. The Bertz CT molecular complexity index is 1170. The van der Waals surface area contributed by atoms with E-state index in [1.54, 1.807) is 12.0 Å². The second-order valence-electron chi connectivity index (χ2n) is 8.63. The lowest BCUT2D eigenvalue weighted by Crippen LogP contribution is -2.63. The van der Waals surface area contributed by atoms with Gasteiger partial charge in [0.15, 0.2) is 0 Å². The Labute approximate surface area is 189 Å². The van der Waals surface area contributed by atoms with Gasteiger partial charge in [-0.15, -0.1) is 0 Å². The van der Waals surface area contributed by atoms with Crippen molar-refractivity contribution >= 4 is 17.5 Å². The number of nitrogens with zero attached hydrogens (tertiary/aromatic N) is 1. The number of anilines is 1. The van der Waals surface area contributed by atoms with Crippen LogP contribution in [-0.4, -0.2) is 24.5 Å². The summed E-state index contributed by atoms with van der Waals surface area (Å²) in [5.74, 6) is 0.389. The molecule has 1 N–H and O–H groups in total. The molecule has 0 spiro atoms. The number of ether oxygens (including phenoxy) is 1. The lowest BCUT2D eigenvalue weighted by atomic mass is 9.82. The molecule has 1 unspecified atom stereocenters. The smallest absolute Gasteiger partial charge is 0.259 e. The SMILES string of the molecule is COc1cccc(CNC(=O)C2(C)Cc3ccccc3C(=O)N2c2cc(C)cc(C)c2)c1. The number of fused-ring (bicyclic) bond motifs is 1. The number of carbonyl (C=O) groups excluding carboxylic acids is 2. The zero-order valence-electron chi connectivity index (χ0n) is 18.9. The number of nitrogens with one attached hydrogen (secondary N) is 1. The predicted octanol–water partition coefficient (Wildman–Crippen LogP) is 4.59. The lowest BCUT2D eigenvalue weighted by Gasteiger charge is -2.44. The zero-order valence-corrected chi connectivity index (χ0v) is 18.9. The van der Waals surface area contributed by atoms with Crippen molar-refractivity contribution in [2.45, 2.75) is 39.3 Å². The van der Waals surface area contributed by atoms with Crippen LogP contribution in [0.1, 0.15) is 39.5 Å². The van der Waals surface area contributed by atoms with E-state index in [1.807, 2.05) is 81.4 Å². The molecule has 164 valence electrons. The van der Waals surface area contributed by atoms with Gasteiger partial charge in [-0.2, -0.15) is 0 Å². The van der Waals surface area contributed by atoms with Crippen LogP contribution in [0.3, 0.4) is 0 Å². The molecule has 5 heteroatoms. The van der Waals surface area contributed by atoms with Gasteiger partial charge < -0.3 is 10.1 Å². The van der Waals surface area contributed by atoms with E-state index < -0.39 is 5.54 Å². The molecular weight excluding hydrogens is 400 g/mol. The molecule has 32 heavy (non-hydrogen) atoms. The van der Waals surface area contributed by atoms with Crippen LogP contribution < -0.4 is 15.0 Å². The van der Waals surface area contributed by atoms with Gasteiger partial charge in [0.25, 0.3) is 5.91 Å². The molecule has 1 heterocycles. The molecule has 0 bridgehead atoms. The summed E-state index contributed by atoms with van der Waals surface area (Å²) in [6.45, 7) is 6.19. The Morgan fingerprint density at radius 1 is 1.03 bits per heavy atom. The minimum atomic E-state index is -1.06. The first kappa shape index (κ1) is 21.6. The molecule has 1 aliphatic heterocycles. The first-order chi connectivity index (χ1) is 15.3. The molecule has 0 aliphatic carbocycles. The van der Waals surface area contributed by atoms with Gasteiger partial charge >= 0.3 is 0 Å². The number of amides is 2. The Morgan fingerprint density at radius 2 is 1.75 bits per heavy atom. The Kier molecular flexibility index (Phi) is 5.74. The van der Waals surface area contributed by atoms with Gasteiger partial charge in [0, 0.05) is 24.2 Å². The minimum Gasteiger partial charge on any atom is -0.497 e. The third-order valence-corrected chi connectivity index (χ3v) is 6.02. The van der Waals surface area contributed by atoms with Gasteiger partial charge in [0.05, 0.1) is 7.11 Å². The molecule has 3 aromatic carbocycles. The van der Waals surface area contributed by atoms with E-state index in [1.165, 1.54) is 0 Å². The van der Waals surface area contributed by atoms with E-state index in [9.17, 15) is 9.59 Å². The van der Waals surface area contributed by atoms with Crippen LogP contribution in [0.5, 0.6) is 5.75 Å². The fourth-order valence-corrected chi connectivity index (χ4v) is 4.50. The maximum atomic E-state index is 13.6. The predicted molar refractivity (Wildman–Crippen MR) is 126 cm³/mol. The van der Waals surface area contributed by atoms with Gasteiger partial charge in [-0.1, -0.05) is 36.4 Å². The van der Waals surface area contributed by atoms with E-state index in [4.69, 9.17) is 4.74 Å². The van der Waals surface area contributed by atoms with Crippen LogP contribution in [0.4, 0.5) is 5.69 Å². The average Bonchev–Trinajstić information content (AvgIpc) is 2.77. The Hall–Kier alpha value is -3.60. The summed E-state index contributed by atoms with van der Waals surface area (Å²) in [5.41, 5.74) is 4.23. The average molecular weight is 429 g/mol. The number of hydrogen-bond donors (Lipinski definition) is 1. The molecule has 0 saturated heterocycles. The van der Waals surface area contributed by atoms with E-state index in [2.05, 4.69) is 11.4 Å². The van der Waals surface area contributed by atoms with Gasteiger partial charge in [-0.25, -0.2) is 0 Å². The molecule has 0 saturated carbocycles. The molecule has 1 aliphatic rings. The van der Waals surface area contributed by atoms with E-state index in [0.717, 1.165) is 33.7 Å². The second kappa shape index (κ2) is 8.50. The molecule has 4 rings (SSSR count). The number of hydrogen-bond acceptors (Lipinski definition) is 3. The van der Waals surface area contributed by atoms with E-state index in [-0.39, 0.29) is 11.8 Å². The molecular formula is C27H28N2O3. The van der Waals surface area contributed by atoms with Crippen molar-refractivity contribution in [3.8, 4) is 5.75 Å². The summed E-state index contributed by atoms with van der Waals surface area (Å²) in [6.07, 6.45) is 0.436. The third kappa shape index (κ3) is 3.98. The van der Waals surface area contributed by atoms with Gasteiger partial charge in [-0.05, 0) is 73.4 Å². The zero-order chi connectivity index (χ0) is 22.9. The van der Waals surface area contributed by atoms with Crippen molar-refractivity contribution in [3.63, 3.8) is 0 Å². The molecule has 0 aromatic heterocycles. The standard InChI is InChI=1S/C27H28N2O3/c1-18-12-19(2)14-22(13-18)29-25(30)24-11-6-5-9-21(24)16-27(29,3)26(31)28-17-20-8-7-10-23(15-20)32-4/h5-15H,16-17H2,1-4H3,(H,28,31). The molecule has 5 nitrogen and oxygen atoms in total. The van der Waals surface area contributed by atoms with Crippen molar-refractivity contribution < 1.29 is 14.3 Å². The topological polar surface area (TPSA) is 58.6 Å². The molecule has 0 radical (unpaired) electrons. The normalized spacial score (nSPS) is 17.6. The summed E-state index contributed by atoms with van der Waals surface area (Å²) in [5, 5.41) is 3.05. The monoisotopic (exact) mass is 428 g/mol. The van der Waals surface area contributed by atoms with Crippen molar-refractivity contribution in [1.82, 2.24) is 5.32 Å². The summed E-state index contributed by atoms with van der Waals surface area (Å²) >= 11 is 0. The highest BCUT2D eigenvalue weighted by Gasteiger charge is 2.47. The van der Waals surface area contributed by atoms with Crippen LogP contribution in [-0.2, 0) is 17.8 Å². The quantitative estimate of drug-likeness (QED) is 0.647. The minimum absolute atomic E-state index is 0.157. The first-order valence-electron chi connectivity index (χ1n) is 10.7. The fraction of sp³-hybridized carbons (Fsp3) is 0.259. The van der Waals surface area contributed by atoms with E-state index >= 15 is 0 Å². The molecule has 2 amide bonds. The van der Waals surface area contributed by atoms with Gasteiger partial charge in [0.1, 0.15) is 11.3 Å². The Morgan fingerprint density at radius 3 is 2.47 bits per heavy atom. The van der Waals surface area contributed by atoms with Crippen LogP contribution in [0.25, 0.3) is 0 Å². The van der Waals surface area contributed by atoms with Crippen molar-refractivity contribution in [2.75, 3.05) is 12.0 Å². The van der Waals surface area contributed by atoms with Crippen LogP contribution >= 0.6 is 0 Å². The molecule has 1 atom stereocenters. The van der Waals surface area contributed by atoms with Crippen LogP contribution in [0.2, 0.25) is 0 Å². The fourth-order valence-electron chi connectivity index (χ4n) is 4.50. The first-order valence-corrected chi connectivity index (χ1v) is 10.7. The number of carbonyl (C=O) groups is 2. The number of aryl methyl sites for hydroxylation is 2. The third-order valence-electron chi connectivity index (χ3n) is 6.02.